The van der Waals surface area contributed by atoms with Crippen LogP contribution in [0, 0.1) is 17.8 Å². The molecule has 0 heterocycles. The zero-order valence-corrected chi connectivity index (χ0v) is 18.9. The highest BCUT2D eigenvalue weighted by Gasteiger charge is 2.64. The summed E-state index contributed by atoms with van der Waals surface area (Å²) in [6, 6.07) is 1.80. The van der Waals surface area contributed by atoms with Crippen LogP contribution in [0.2, 0.25) is 0 Å². The third-order valence-corrected chi connectivity index (χ3v) is 7.50. The van der Waals surface area contributed by atoms with Crippen LogP contribution < -0.4 is 11.5 Å². The van der Waals surface area contributed by atoms with Crippen LogP contribution in [0.5, 0.6) is 5.75 Å². The number of benzene rings is 1. The van der Waals surface area contributed by atoms with Gasteiger partial charge in [0.1, 0.15) is 17.4 Å². The number of primary amides is 1. The molecule has 5 atom stereocenters. The first-order valence-corrected chi connectivity index (χ1v) is 11.1. The second-order valence-corrected chi connectivity index (χ2v) is 10.5. The quantitative estimate of drug-likeness (QED) is 0.343. The number of aliphatic hydroxyl groups is 3. The molecule has 0 radical (unpaired) electrons. The summed E-state index contributed by atoms with van der Waals surface area (Å²) < 4.78 is 0. The van der Waals surface area contributed by atoms with Gasteiger partial charge in [0.05, 0.1) is 11.7 Å². The summed E-state index contributed by atoms with van der Waals surface area (Å²) in [6.07, 6.45) is -1.17. The Labute approximate surface area is 191 Å². The van der Waals surface area contributed by atoms with Crippen molar-refractivity contribution in [2.24, 2.45) is 29.2 Å². The zero-order valence-electron chi connectivity index (χ0n) is 18.9. The molecular formula is C24H30N2O7. The summed E-state index contributed by atoms with van der Waals surface area (Å²) in [7, 11) is 0. The number of aliphatic hydroxyl groups excluding tert-OH is 2. The standard InChI is InChI=1S/C24H30N2O7/c1-23(2,3)13-6-10(8-25)12-5-9-4-11-7-14(27)17(22(26)32)21(31)24(11,33)20(30)15(9)19(29)16(12)18(13)28/h6,9,11,14,17,27-29,33H,4-5,7-8,25H2,1-3H3,(H2,26,32)/t9-,11+,14?,17?,24+/m1/s1. The average Bonchev–Trinajstić information content (AvgIpc) is 2.69. The maximum atomic E-state index is 13.5. The number of carbonyl (C=O) groups is 3. The Morgan fingerprint density at radius 2 is 1.85 bits per heavy atom. The maximum absolute atomic E-state index is 13.5. The smallest absolute Gasteiger partial charge is 0.230 e. The first kappa shape index (κ1) is 23.4. The number of Topliss-reactive ketones (excluding diaryl/α,β-unsaturated/α-hetero) is 2. The van der Waals surface area contributed by atoms with Gasteiger partial charge < -0.3 is 31.9 Å². The molecule has 0 spiro atoms. The van der Waals surface area contributed by atoms with Crippen molar-refractivity contribution in [1.82, 2.24) is 0 Å². The second-order valence-electron chi connectivity index (χ2n) is 10.5. The molecule has 0 saturated heterocycles. The number of aromatic hydroxyl groups is 1. The minimum Gasteiger partial charge on any atom is -0.507 e. The lowest BCUT2D eigenvalue weighted by molar-refractivity contribution is -0.174. The topological polar surface area (TPSA) is 184 Å². The van der Waals surface area contributed by atoms with Crippen LogP contribution in [0.3, 0.4) is 0 Å². The molecule has 1 aromatic carbocycles. The van der Waals surface area contributed by atoms with E-state index in [1.54, 1.807) is 6.07 Å². The van der Waals surface area contributed by atoms with E-state index in [4.69, 9.17) is 11.5 Å². The molecule has 1 amide bonds. The molecular weight excluding hydrogens is 428 g/mol. The molecule has 9 heteroatoms. The Morgan fingerprint density at radius 3 is 2.39 bits per heavy atom. The number of rotatable bonds is 2. The van der Waals surface area contributed by atoms with Crippen molar-refractivity contribution < 1.29 is 34.8 Å². The van der Waals surface area contributed by atoms with E-state index >= 15 is 0 Å². The molecule has 0 aromatic heterocycles. The van der Waals surface area contributed by atoms with Crippen molar-refractivity contribution >= 4 is 23.2 Å². The van der Waals surface area contributed by atoms with Gasteiger partial charge in [0.2, 0.25) is 11.7 Å². The fourth-order valence-electron chi connectivity index (χ4n) is 5.82. The molecule has 0 aliphatic heterocycles. The van der Waals surface area contributed by atoms with E-state index in [1.807, 2.05) is 20.8 Å². The molecule has 2 fully saturated rings. The summed E-state index contributed by atoms with van der Waals surface area (Å²) in [5, 5.41) is 43.9. The molecule has 2 saturated carbocycles. The second kappa shape index (κ2) is 7.38. The molecule has 3 aliphatic carbocycles. The van der Waals surface area contributed by atoms with Crippen molar-refractivity contribution in [2.75, 3.05) is 0 Å². The number of nitrogens with two attached hydrogens (primary N) is 2. The molecule has 0 bridgehead atoms. The Morgan fingerprint density at radius 1 is 1.21 bits per heavy atom. The van der Waals surface area contributed by atoms with Gasteiger partial charge in [-0.1, -0.05) is 20.8 Å². The zero-order chi connectivity index (χ0) is 24.6. The minimum atomic E-state index is -2.58. The predicted molar refractivity (Wildman–Crippen MR) is 118 cm³/mol. The van der Waals surface area contributed by atoms with Crippen LogP contribution in [0.4, 0.5) is 0 Å². The normalized spacial score (nSPS) is 31.7. The van der Waals surface area contributed by atoms with Gasteiger partial charge in [-0.25, -0.2) is 0 Å². The summed E-state index contributed by atoms with van der Waals surface area (Å²) >= 11 is 0. The Balaban J connectivity index is 1.93. The molecule has 1 aromatic rings. The number of carbonyl (C=O) groups excluding carboxylic acids is 3. The summed E-state index contributed by atoms with van der Waals surface area (Å²) in [6.45, 7) is 5.82. The fraction of sp³-hybridized carbons (Fsp3) is 0.542. The highest BCUT2D eigenvalue weighted by molar-refractivity contribution is 6.24. The summed E-state index contributed by atoms with van der Waals surface area (Å²) in [5.41, 5.74) is 9.97. The first-order valence-electron chi connectivity index (χ1n) is 11.1. The number of hydrogen-bond acceptors (Lipinski definition) is 8. The largest absolute Gasteiger partial charge is 0.507 e. The third-order valence-electron chi connectivity index (χ3n) is 7.50. The predicted octanol–water partition coefficient (Wildman–Crippen LogP) is 0.345. The van der Waals surface area contributed by atoms with E-state index in [1.165, 1.54) is 0 Å². The Kier molecular flexibility index (Phi) is 5.23. The van der Waals surface area contributed by atoms with Crippen LogP contribution in [0.15, 0.2) is 11.6 Å². The van der Waals surface area contributed by atoms with Gasteiger partial charge >= 0.3 is 0 Å². The van der Waals surface area contributed by atoms with Crippen molar-refractivity contribution in [3.05, 3.63) is 33.9 Å². The van der Waals surface area contributed by atoms with E-state index in [9.17, 15) is 34.8 Å². The highest BCUT2D eigenvalue weighted by atomic mass is 16.3. The number of amides is 1. The highest BCUT2D eigenvalue weighted by Crippen LogP contribution is 2.52. The van der Waals surface area contributed by atoms with Gasteiger partial charge in [-0.15, -0.1) is 0 Å². The minimum absolute atomic E-state index is 0.0827. The van der Waals surface area contributed by atoms with E-state index in [0.717, 1.165) is 5.56 Å². The van der Waals surface area contributed by atoms with Gasteiger partial charge in [0, 0.05) is 23.6 Å². The van der Waals surface area contributed by atoms with Gasteiger partial charge in [-0.2, -0.15) is 0 Å². The molecule has 2 unspecified atom stereocenters. The van der Waals surface area contributed by atoms with Gasteiger partial charge in [0.25, 0.3) is 0 Å². The number of hydrogen-bond donors (Lipinski definition) is 6. The van der Waals surface area contributed by atoms with Crippen molar-refractivity contribution in [2.45, 2.75) is 63.7 Å². The van der Waals surface area contributed by atoms with E-state index in [2.05, 4.69) is 0 Å². The van der Waals surface area contributed by atoms with E-state index in [0.29, 0.717) is 11.1 Å². The van der Waals surface area contributed by atoms with Crippen LogP contribution in [-0.4, -0.2) is 49.6 Å². The van der Waals surface area contributed by atoms with E-state index < -0.39 is 58.1 Å². The van der Waals surface area contributed by atoms with Gasteiger partial charge in [-0.05, 0) is 47.8 Å². The lowest BCUT2D eigenvalue weighted by Crippen LogP contribution is -2.66. The fourth-order valence-corrected chi connectivity index (χ4v) is 5.82. The number of phenolic OH excluding ortho intramolecular Hbond substituents is 1. The average molecular weight is 459 g/mol. The van der Waals surface area contributed by atoms with Crippen LogP contribution in [-0.2, 0) is 32.8 Å². The van der Waals surface area contributed by atoms with Crippen LogP contribution >= 0.6 is 0 Å². The number of phenols is 1. The Bertz CT molecular complexity index is 1120. The molecule has 3 aliphatic rings. The molecule has 8 N–H and O–H groups in total. The van der Waals surface area contributed by atoms with E-state index in [-0.39, 0.29) is 42.7 Å². The van der Waals surface area contributed by atoms with Crippen LogP contribution in [0.1, 0.15) is 55.9 Å². The number of fused-ring (bicyclic) bond motifs is 3. The lowest BCUT2D eigenvalue weighted by atomic mass is 9.56. The Hall–Kier alpha value is -2.75. The molecule has 9 nitrogen and oxygen atoms in total. The summed E-state index contributed by atoms with van der Waals surface area (Å²) in [5.74, 6) is -7.16. The lowest BCUT2D eigenvalue weighted by Gasteiger charge is -2.48. The monoisotopic (exact) mass is 458 g/mol. The number of ketones is 2. The first-order chi connectivity index (χ1) is 15.2. The molecule has 4 rings (SSSR count). The summed E-state index contributed by atoms with van der Waals surface area (Å²) in [4.78, 5) is 38.3. The van der Waals surface area contributed by atoms with Crippen molar-refractivity contribution in [3.63, 3.8) is 0 Å². The molecule has 33 heavy (non-hydrogen) atoms. The maximum Gasteiger partial charge on any atom is 0.230 e. The van der Waals surface area contributed by atoms with Crippen molar-refractivity contribution in [1.29, 1.82) is 0 Å². The third kappa shape index (κ3) is 3.13. The SMILES string of the molecule is CC(C)(C)c1cc(CN)c2c(c1O)C(O)=C1C(=O)[C@]3(O)C(=O)C(C(N)=O)C(O)C[C@@H]3C[C@@H]1C2. The van der Waals surface area contributed by atoms with Gasteiger partial charge in [-0.3, -0.25) is 14.4 Å². The van der Waals surface area contributed by atoms with Crippen LogP contribution in [0.25, 0.3) is 5.76 Å². The molecule has 178 valence electrons. The van der Waals surface area contributed by atoms with Gasteiger partial charge in [0.15, 0.2) is 11.4 Å². The van der Waals surface area contributed by atoms with Crippen molar-refractivity contribution in [3.8, 4) is 5.75 Å².